The average molecular weight is 374 g/mol. The zero-order chi connectivity index (χ0) is 20.0. The van der Waals surface area contributed by atoms with Crippen LogP contribution in [-0.4, -0.2) is 71.7 Å². The van der Waals surface area contributed by atoms with Crippen molar-refractivity contribution in [2.75, 3.05) is 38.5 Å². The summed E-state index contributed by atoms with van der Waals surface area (Å²) in [6.07, 6.45) is 0.594. The Morgan fingerprint density at radius 1 is 1.11 bits per heavy atom. The van der Waals surface area contributed by atoms with Crippen molar-refractivity contribution in [2.24, 2.45) is 0 Å². The van der Waals surface area contributed by atoms with Crippen LogP contribution in [0.2, 0.25) is 0 Å². The summed E-state index contributed by atoms with van der Waals surface area (Å²) < 4.78 is 0. The molecule has 0 bridgehead atoms. The predicted molar refractivity (Wildman–Crippen MR) is 101 cm³/mol. The molecule has 1 N–H and O–H groups in total. The first-order valence-corrected chi connectivity index (χ1v) is 9.12. The summed E-state index contributed by atoms with van der Waals surface area (Å²) in [5.41, 5.74) is 1.18. The molecule has 1 aliphatic rings. The molecule has 0 aliphatic carbocycles. The van der Waals surface area contributed by atoms with Gasteiger partial charge in [0.25, 0.3) is 5.91 Å². The number of anilines is 1. The molecule has 8 nitrogen and oxygen atoms in total. The third-order valence-electron chi connectivity index (χ3n) is 4.48. The highest BCUT2D eigenvalue weighted by Gasteiger charge is 2.32. The normalized spacial score (nSPS) is 13.9. The molecule has 0 unspecified atom stereocenters. The van der Waals surface area contributed by atoms with Gasteiger partial charge < -0.3 is 15.1 Å². The molecule has 0 spiro atoms. The van der Waals surface area contributed by atoms with Gasteiger partial charge in [-0.3, -0.25) is 19.3 Å². The second-order valence-electron chi connectivity index (χ2n) is 6.39. The van der Waals surface area contributed by atoms with Crippen molar-refractivity contribution in [1.82, 2.24) is 14.7 Å². The van der Waals surface area contributed by atoms with Crippen LogP contribution < -0.4 is 5.32 Å². The minimum atomic E-state index is -0.325. The van der Waals surface area contributed by atoms with E-state index < -0.39 is 0 Å². The lowest BCUT2D eigenvalue weighted by molar-refractivity contribution is -0.125. The first-order chi connectivity index (χ1) is 12.9. The van der Waals surface area contributed by atoms with E-state index in [0.29, 0.717) is 30.8 Å². The molecule has 2 rings (SSSR count). The van der Waals surface area contributed by atoms with Crippen molar-refractivity contribution in [3.63, 3.8) is 0 Å². The fraction of sp³-hybridized carbons (Fsp3) is 0.474. The maximum absolute atomic E-state index is 12.3. The Morgan fingerprint density at radius 3 is 2.26 bits per heavy atom. The highest BCUT2D eigenvalue weighted by atomic mass is 16.2. The molecule has 1 aliphatic heterocycles. The molecule has 1 saturated heterocycles. The van der Waals surface area contributed by atoms with E-state index in [-0.39, 0.29) is 43.3 Å². The Bertz CT molecular complexity index is 713. The molecular formula is C19H26N4O4. The summed E-state index contributed by atoms with van der Waals surface area (Å²) in [7, 11) is 1.57. The maximum Gasteiger partial charge on any atom is 0.326 e. The number of nitrogens with one attached hydrogen (secondary N) is 1. The lowest BCUT2D eigenvalue weighted by atomic mass is 10.1. The van der Waals surface area contributed by atoms with Gasteiger partial charge in [0, 0.05) is 44.4 Å². The predicted octanol–water partition coefficient (Wildman–Crippen LogP) is 1.78. The molecule has 0 aromatic heterocycles. The average Bonchev–Trinajstić information content (AvgIpc) is 2.89. The van der Waals surface area contributed by atoms with E-state index in [1.807, 2.05) is 13.8 Å². The largest absolute Gasteiger partial charge is 0.339 e. The van der Waals surface area contributed by atoms with Crippen molar-refractivity contribution in [3.05, 3.63) is 29.8 Å². The summed E-state index contributed by atoms with van der Waals surface area (Å²) in [6, 6.07) is 6.43. The molecule has 0 atom stereocenters. The Balaban J connectivity index is 1.81. The molecular weight excluding hydrogens is 348 g/mol. The van der Waals surface area contributed by atoms with Gasteiger partial charge in [-0.2, -0.15) is 0 Å². The Kier molecular flexibility index (Phi) is 6.92. The van der Waals surface area contributed by atoms with Crippen LogP contribution in [0.5, 0.6) is 0 Å². The van der Waals surface area contributed by atoms with Crippen LogP contribution in [0.3, 0.4) is 0 Å². The van der Waals surface area contributed by atoms with Crippen LogP contribution in [0.25, 0.3) is 0 Å². The van der Waals surface area contributed by atoms with E-state index in [0.717, 1.165) is 0 Å². The van der Waals surface area contributed by atoms with Gasteiger partial charge in [0.1, 0.15) is 6.54 Å². The number of carbonyl (C=O) groups is 4. The van der Waals surface area contributed by atoms with Crippen LogP contribution >= 0.6 is 0 Å². The van der Waals surface area contributed by atoms with Gasteiger partial charge in [-0.25, -0.2) is 4.79 Å². The van der Waals surface area contributed by atoms with Gasteiger partial charge in [0.15, 0.2) is 0 Å². The first kappa shape index (κ1) is 20.4. The molecule has 0 saturated carbocycles. The minimum Gasteiger partial charge on any atom is -0.339 e. The van der Waals surface area contributed by atoms with Crippen molar-refractivity contribution >= 4 is 29.4 Å². The third kappa shape index (κ3) is 5.06. The number of hydrogen-bond donors (Lipinski definition) is 1. The van der Waals surface area contributed by atoms with Gasteiger partial charge in [0.05, 0.1) is 0 Å². The lowest BCUT2D eigenvalue weighted by Gasteiger charge is -2.18. The Labute approximate surface area is 159 Å². The quantitative estimate of drug-likeness (QED) is 0.703. The molecule has 1 fully saturated rings. The molecule has 8 heteroatoms. The monoisotopic (exact) mass is 374 g/mol. The smallest absolute Gasteiger partial charge is 0.326 e. The number of rotatable bonds is 8. The van der Waals surface area contributed by atoms with Crippen LogP contribution in [0, 0.1) is 0 Å². The van der Waals surface area contributed by atoms with E-state index in [4.69, 9.17) is 0 Å². The van der Waals surface area contributed by atoms with Gasteiger partial charge in [-0.05, 0) is 44.5 Å². The van der Waals surface area contributed by atoms with E-state index in [2.05, 4.69) is 5.32 Å². The second kappa shape index (κ2) is 9.16. The summed E-state index contributed by atoms with van der Waals surface area (Å²) in [4.78, 5) is 52.0. The minimum absolute atomic E-state index is 0.0391. The number of carbonyl (C=O) groups excluding carboxylic acids is 4. The number of hydrogen-bond acceptors (Lipinski definition) is 4. The zero-order valence-electron chi connectivity index (χ0n) is 16.0. The fourth-order valence-electron chi connectivity index (χ4n) is 2.90. The molecule has 27 heavy (non-hydrogen) atoms. The third-order valence-corrected chi connectivity index (χ3v) is 4.48. The topological polar surface area (TPSA) is 90.0 Å². The maximum atomic E-state index is 12.3. The number of amides is 5. The SMILES string of the molecule is CCN(CC)C(=O)c1ccc(NC(=O)CCCN2C(=O)CN(C)C2=O)cc1. The van der Waals surface area contributed by atoms with Crippen molar-refractivity contribution in [3.8, 4) is 0 Å². The molecule has 1 aromatic rings. The Hall–Kier alpha value is -2.90. The van der Waals surface area contributed by atoms with Crippen LogP contribution in [0.1, 0.15) is 37.0 Å². The van der Waals surface area contributed by atoms with Gasteiger partial charge in [-0.15, -0.1) is 0 Å². The summed E-state index contributed by atoms with van der Waals surface area (Å²) in [5.74, 6) is -0.482. The van der Waals surface area contributed by atoms with Gasteiger partial charge in [-0.1, -0.05) is 0 Å². The summed E-state index contributed by atoms with van der Waals surface area (Å²) in [6.45, 7) is 5.46. The number of nitrogens with zero attached hydrogens (tertiary/aromatic N) is 3. The van der Waals surface area contributed by atoms with Crippen molar-refractivity contribution < 1.29 is 19.2 Å². The number of urea groups is 1. The fourth-order valence-corrected chi connectivity index (χ4v) is 2.90. The molecule has 146 valence electrons. The van der Waals surface area contributed by atoms with Crippen LogP contribution in [0.4, 0.5) is 10.5 Å². The van der Waals surface area contributed by atoms with E-state index in [9.17, 15) is 19.2 Å². The molecule has 1 heterocycles. The number of likely N-dealkylation sites (N-methyl/N-ethyl adjacent to an activating group) is 1. The van der Waals surface area contributed by atoms with E-state index in [1.54, 1.807) is 36.2 Å². The lowest BCUT2D eigenvalue weighted by Crippen LogP contribution is -2.32. The van der Waals surface area contributed by atoms with Crippen molar-refractivity contribution in [1.29, 1.82) is 0 Å². The first-order valence-electron chi connectivity index (χ1n) is 9.12. The van der Waals surface area contributed by atoms with E-state index in [1.165, 1.54) is 9.80 Å². The van der Waals surface area contributed by atoms with E-state index >= 15 is 0 Å². The van der Waals surface area contributed by atoms with Gasteiger partial charge in [0.2, 0.25) is 11.8 Å². The number of imide groups is 1. The van der Waals surface area contributed by atoms with Crippen LogP contribution in [0.15, 0.2) is 24.3 Å². The number of benzene rings is 1. The van der Waals surface area contributed by atoms with Gasteiger partial charge >= 0.3 is 6.03 Å². The molecule has 1 aromatic carbocycles. The summed E-state index contributed by atoms with van der Waals surface area (Å²) in [5, 5.41) is 2.76. The van der Waals surface area contributed by atoms with Crippen molar-refractivity contribution in [2.45, 2.75) is 26.7 Å². The zero-order valence-corrected chi connectivity index (χ0v) is 16.0. The summed E-state index contributed by atoms with van der Waals surface area (Å²) >= 11 is 0. The standard InChI is InChI=1S/C19H26N4O4/c1-4-22(5-2)18(26)14-8-10-15(11-9-14)20-16(24)7-6-12-23-17(25)13-21(3)19(23)27/h8-11H,4-7,12-13H2,1-3H3,(H,20,24). The highest BCUT2D eigenvalue weighted by molar-refractivity contribution is 6.02. The molecule has 5 amide bonds. The second-order valence-corrected chi connectivity index (χ2v) is 6.39. The Morgan fingerprint density at radius 2 is 1.74 bits per heavy atom. The highest BCUT2D eigenvalue weighted by Crippen LogP contribution is 2.13. The van der Waals surface area contributed by atoms with Crippen LogP contribution in [-0.2, 0) is 9.59 Å². The molecule has 0 radical (unpaired) electrons.